The van der Waals surface area contributed by atoms with Gasteiger partial charge in [0.05, 0.1) is 17.5 Å². The van der Waals surface area contributed by atoms with Gasteiger partial charge in [0.2, 0.25) is 15.9 Å². The molecule has 3 rings (SSSR count). The smallest absolute Gasteiger partial charge is 0.243 e. The first-order valence-corrected chi connectivity index (χ1v) is 12.0. The summed E-state index contributed by atoms with van der Waals surface area (Å²) in [5, 5.41) is 9.84. The van der Waals surface area contributed by atoms with Crippen LogP contribution in [0.1, 0.15) is 18.1 Å². The van der Waals surface area contributed by atoms with E-state index in [1.807, 2.05) is 55.1 Å². The summed E-state index contributed by atoms with van der Waals surface area (Å²) in [4.78, 5) is 16.8. The first-order valence-electron chi connectivity index (χ1n) is 10.5. The van der Waals surface area contributed by atoms with E-state index >= 15 is 0 Å². The number of piperazine rings is 1. The molecule has 1 aliphatic heterocycles. The van der Waals surface area contributed by atoms with Gasteiger partial charge in [-0.1, -0.05) is 24.3 Å². The van der Waals surface area contributed by atoms with Gasteiger partial charge >= 0.3 is 0 Å². The number of carbonyl (C=O) groups excluding carboxylic acids is 1. The fraction of sp³-hybridized carbons (Fsp3) is 0.435. The Labute approximate surface area is 184 Å². The molecule has 1 N–H and O–H groups in total. The van der Waals surface area contributed by atoms with Gasteiger partial charge in [-0.3, -0.25) is 4.79 Å². The average Bonchev–Trinajstić information content (AvgIpc) is 2.75. The summed E-state index contributed by atoms with van der Waals surface area (Å²) in [6, 6.07) is 14.7. The Hall–Kier alpha value is -2.42. The molecule has 0 radical (unpaired) electrons. The summed E-state index contributed by atoms with van der Waals surface area (Å²) >= 11 is 0. The van der Waals surface area contributed by atoms with Gasteiger partial charge < -0.3 is 14.9 Å². The zero-order valence-electron chi connectivity index (χ0n) is 18.4. The molecular formula is C23H31N3O4S. The number of amides is 1. The number of hydrogen-bond acceptors (Lipinski definition) is 5. The van der Waals surface area contributed by atoms with Crippen molar-refractivity contribution in [2.75, 3.05) is 44.2 Å². The molecule has 1 unspecified atom stereocenters. The van der Waals surface area contributed by atoms with Gasteiger partial charge in [0.15, 0.2) is 0 Å². The minimum atomic E-state index is -3.58. The fourth-order valence-corrected chi connectivity index (χ4v) is 5.19. The summed E-state index contributed by atoms with van der Waals surface area (Å²) in [6.07, 6.45) is -0.576. The van der Waals surface area contributed by atoms with Crippen LogP contribution in [0.25, 0.3) is 0 Å². The van der Waals surface area contributed by atoms with Crippen molar-refractivity contribution in [3.05, 3.63) is 59.7 Å². The van der Waals surface area contributed by atoms with Crippen molar-refractivity contribution in [2.24, 2.45) is 0 Å². The van der Waals surface area contributed by atoms with Crippen LogP contribution in [0.5, 0.6) is 0 Å². The molecule has 1 heterocycles. The molecule has 1 aliphatic rings. The molecule has 0 aliphatic carbocycles. The molecule has 168 valence electrons. The van der Waals surface area contributed by atoms with Crippen LogP contribution in [0, 0.1) is 13.8 Å². The number of carbonyl (C=O) groups is 1. The Morgan fingerprint density at radius 2 is 1.68 bits per heavy atom. The second kappa shape index (κ2) is 9.80. The molecule has 2 aromatic carbocycles. The highest BCUT2D eigenvalue weighted by atomic mass is 32.2. The van der Waals surface area contributed by atoms with Gasteiger partial charge in [-0.05, 0) is 56.2 Å². The molecule has 1 atom stereocenters. The molecule has 1 fully saturated rings. The largest absolute Gasteiger partial charge is 0.392 e. The second-order valence-corrected chi connectivity index (χ2v) is 10.0. The molecule has 2 aromatic rings. The molecule has 1 amide bonds. The summed E-state index contributed by atoms with van der Waals surface area (Å²) in [5.41, 5.74) is 2.86. The maximum Gasteiger partial charge on any atom is 0.243 e. The van der Waals surface area contributed by atoms with Crippen molar-refractivity contribution in [3.8, 4) is 0 Å². The van der Waals surface area contributed by atoms with Crippen molar-refractivity contribution in [2.45, 2.75) is 31.8 Å². The van der Waals surface area contributed by atoms with E-state index in [0.29, 0.717) is 24.5 Å². The van der Waals surface area contributed by atoms with Crippen molar-refractivity contribution in [1.29, 1.82) is 0 Å². The summed E-state index contributed by atoms with van der Waals surface area (Å²) < 4.78 is 27.4. The van der Waals surface area contributed by atoms with Gasteiger partial charge in [0, 0.05) is 38.4 Å². The van der Waals surface area contributed by atoms with Crippen LogP contribution in [0.3, 0.4) is 0 Å². The third-order valence-corrected chi connectivity index (χ3v) is 7.53. The van der Waals surface area contributed by atoms with Crippen LogP contribution in [0.15, 0.2) is 53.4 Å². The third-order valence-electron chi connectivity index (χ3n) is 5.64. The van der Waals surface area contributed by atoms with E-state index < -0.39 is 16.1 Å². The van der Waals surface area contributed by atoms with Crippen LogP contribution < -0.4 is 4.90 Å². The normalized spacial score (nSPS) is 16.2. The highest BCUT2D eigenvalue weighted by Gasteiger charge is 2.30. The average molecular weight is 446 g/mol. The maximum atomic E-state index is 13.0. The number of nitrogens with zero attached hydrogens (tertiary/aromatic N) is 3. The Morgan fingerprint density at radius 3 is 2.26 bits per heavy atom. The minimum absolute atomic E-state index is 0.0762. The van der Waals surface area contributed by atoms with Crippen molar-refractivity contribution in [3.63, 3.8) is 0 Å². The van der Waals surface area contributed by atoms with Gasteiger partial charge in [0.25, 0.3) is 0 Å². The predicted octanol–water partition coefficient (Wildman–Crippen LogP) is 2.02. The Balaban J connectivity index is 1.64. The number of aliphatic hydroxyl groups excluding tert-OH is 1. The molecule has 8 heteroatoms. The highest BCUT2D eigenvalue weighted by molar-refractivity contribution is 7.89. The van der Waals surface area contributed by atoms with Crippen LogP contribution in [0.4, 0.5) is 5.69 Å². The first-order chi connectivity index (χ1) is 14.7. The number of sulfonamides is 1. The molecule has 0 bridgehead atoms. The fourth-order valence-electron chi connectivity index (χ4n) is 3.68. The summed E-state index contributed by atoms with van der Waals surface area (Å²) in [6.45, 7) is 7.25. The highest BCUT2D eigenvalue weighted by Crippen LogP contribution is 2.21. The number of aryl methyl sites for hydroxylation is 2. The van der Waals surface area contributed by atoms with Crippen LogP contribution in [0.2, 0.25) is 0 Å². The van der Waals surface area contributed by atoms with E-state index in [2.05, 4.69) is 0 Å². The second-order valence-electron chi connectivity index (χ2n) is 8.10. The molecule has 0 saturated carbocycles. The number of para-hydroxylation sites is 1. The zero-order chi connectivity index (χ0) is 22.6. The van der Waals surface area contributed by atoms with E-state index in [1.54, 1.807) is 24.0 Å². The van der Waals surface area contributed by atoms with Crippen LogP contribution in [-0.2, 0) is 14.8 Å². The van der Waals surface area contributed by atoms with Gasteiger partial charge in [-0.15, -0.1) is 0 Å². The van der Waals surface area contributed by atoms with Gasteiger partial charge in [-0.2, -0.15) is 4.31 Å². The molecule has 0 aromatic heterocycles. The van der Waals surface area contributed by atoms with E-state index in [-0.39, 0.29) is 25.5 Å². The Morgan fingerprint density at radius 1 is 1.03 bits per heavy atom. The number of hydrogen-bond donors (Lipinski definition) is 1. The third kappa shape index (κ3) is 5.64. The van der Waals surface area contributed by atoms with Crippen LogP contribution in [-0.4, -0.2) is 74.0 Å². The Bertz CT molecular complexity index is 1000. The number of benzene rings is 2. The monoisotopic (exact) mass is 445 g/mol. The number of rotatable bonds is 7. The van der Waals surface area contributed by atoms with Gasteiger partial charge in [0.1, 0.15) is 0 Å². The summed E-state index contributed by atoms with van der Waals surface area (Å²) in [7, 11) is -3.58. The number of anilines is 1. The SMILES string of the molecule is Cc1ccc(S(=O)(=O)N2CCN(C(=O)CN(CC(C)O)c3ccccc3)CC2)cc1C. The lowest BCUT2D eigenvalue weighted by atomic mass is 10.1. The van der Waals surface area contributed by atoms with E-state index in [4.69, 9.17) is 0 Å². The molecule has 31 heavy (non-hydrogen) atoms. The number of aliphatic hydroxyl groups is 1. The minimum Gasteiger partial charge on any atom is -0.392 e. The lowest BCUT2D eigenvalue weighted by Crippen LogP contribution is -2.53. The molecule has 0 spiro atoms. The van der Waals surface area contributed by atoms with Crippen molar-refractivity contribution in [1.82, 2.24) is 9.21 Å². The molecule has 1 saturated heterocycles. The lowest BCUT2D eigenvalue weighted by Gasteiger charge is -2.35. The summed E-state index contributed by atoms with van der Waals surface area (Å²) in [5.74, 6) is -0.0762. The topological polar surface area (TPSA) is 81.2 Å². The van der Waals surface area contributed by atoms with E-state index in [1.165, 1.54) is 4.31 Å². The molecular weight excluding hydrogens is 414 g/mol. The maximum absolute atomic E-state index is 13.0. The van der Waals surface area contributed by atoms with Crippen molar-refractivity contribution < 1.29 is 18.3 Å². The van der Waals surface area contributed by atoms with Gasteiger partial charge in [-0.25, -0.2) is 8.42 Å². The molecule has 7 nitrogen and oxygen atoms in total. The zero-order valence-corrected chi connectivity index (χ0v) is 19.2. The Kier molecular flexibility index (Phi) is 7.35. The van der Waals surface area contributed by atoms with E-state index in [0.717, 1.165) is 16.8 Å². The lowest BCUT2D eigenvalue weighted by molar-refractivity contribution is -0.130. The predicted molar refractivity (Wildman–Crippen MR) is 122 cm³/mol. The van der Waals surface area contributed by atoms with Crippen molar-refractivity contribution >= 4 is 21.6 Å². The van der Waals surface area contributed by atoms with E-state index in [9.17, 15) is 18.3 Å². The quantitative estimate of drug-likeness (QED) is 0.705. The first kappa shape index (κ1) is 23.2. The standard InChI is InChI=1S/C23H31N3O4S/c1-18-9-10-22(15-19(18)2)31(29,30)26-13-11-24(12-14-26)23(28)17-25(16-20(3)27)21-7-5-4-6-8-21/h4-10,15,20,27H,11-14,16-17H2,1-3H3. The van der Waals surface area contributed by atoms with Crippen LogP contribution >= 0.6 is 0 Å².